The van der Waals surface area contributed by atoms with Gasteiger partial charge in [0.25, 0.3) is 5.91 Å². The molecule has 0 aliphatic rings. The maximum absolute atomic E-state index is 11.9. The lowest BCUT2D eigenvalue weighted by Gasteiger charge is -2.08. The number of pyridine rings is 1. The monoisotopic (exact) mass is 286 g/mol. The summed E-state index contributed by atoms with van der Waals surface area (Å²) in [5.41, 5.74) is 2.92. The fourth-order valence-electron chi connectivity index (χ4n) is 1.73. The van der Waals surface area contributed by atoms with Gasteiger partial charge in [0, 0.05) is 18.3 Å². The van der Waals surface area contributed by atoms with Gasteiger partial charge in [0.15, 0.2) is 0 Å². The molecule has 2 rings (SSSR count). The number of hydrazine groups is 1. The minimum atomic E-state index is -0.159. The first kappa shape index (κ1) is 14.8. The number of aromatic nitrogens is 1. The number of ether oxygens (including phenoxy) is 1. The molecule has 21 heavy (non-hydrogen) atoms. The molecule has 6 nitrogen and oxygen atoms in total. The van der Waals surface area contributed by atoms with Crippen LogP contribution in [0, 0.1) is 0 Å². The van der Waals surface area contributed by atoms with Gasteiger partial charge in [-0.1, -0.05) is 18.2 Å². The van der Waals surface area contributed by atoms with Crippen molar-refractivity contribution < 1.29 is 9.53 Å². The van der Waals surface area contributed by atoms with Crippen LogP contribution in [-0.4, -0.2) is 24.0 Å². The lowest BCUT2D eigenvalue weighted by molar-refractivity contribution is 0.0951. The van der Waals surface area contributed by atoms with Gasteiger partial charge in [0.05, 0.1) is 6.61 Å². The van der Waals surface area contributed by atoms with E-state index in [0.29, 0.717) is 24.5 Å². The summed E-state index contributed by atoms with van der Waals surface area (Å²) in [6, 6.07) is 12.8. The average molecular weight is 286 g/mol. The highest BCUT2D eigenvalue weighted by atomic mass is 16.5. The number of hydrogen-bond donors (Lipinski definition) is 3. The normalized spacial score (nSPS) is 9.95. The number of para-hydroxylation sites is 1. The van der Waals surface area contributed by atoms with Gasteiger partial charge in [-0.2, -0.15) is 0 Å². The molecule has 1 aromatic carbocycles. The van der Waals surface area contributed by atoms with Gasteiger partial charge in [-0.05, 0) is 30.7 Å². The molecule has 0 atom stereocenters. The number of carbonyl (C=O) groups excluding carboxylic acids is 1. The van der Waals surface area contributed by atoms with Gasteiger partial charge < -0.3 is 15.5 Å². The summed E-state index contributed by atoms with van der Waals surface area (Å²) < 4.78 is 5.54. The van der Waals surface area contributed by atoms with Crippen molar-refractivity contribution in [2.75, 3.05) is 18.6 Å². The third-order valence-electron chi connectivity index (χ3n) is 2.79. The van der Waals surface area contributed by atoms with E-state index in [-0.39, 0.29) is 5.91 Å². The van der Waals surface area contributed by atoms with Crippen LogP contribution in [0.15, 0.2) is 48.7 Å². The number of anilines is 1. The largest absolute Gasteiger partial charge is 0.494 e. The van der Waals surface area contributed by atoms with Gasteiger partial charge in [0.1, 0.15) is 11.6 Å². The summed E-state index contributed by atoms with van der Waals surface area (Å²) in [5.74, 6) is 6.38. The van der Waals surface area contributed by atoms with Crippen LogP contribution in [0.4, 0.5) is 5.82 Å². The number of hydrogen-bond acceptors (Lipinski definition) is 5. The number of amides is 1. The Morgan fingerprint density at radius 2 is 2.05 bits per heavy atom. The van der Waals surface area contributed by atoms with Gasteiger partial charge >= 0.3 is 0 Å². The predicted molar refractivity (Wildman–Crippen MR) is 80.9 cm³/mol. The second-order valence-electron chi connectivity index (χ2n) is 4.35. The van der Waals surface area contributed by atoms with Gasteiger partial charge in [0.2, 0.25) is 0 Å². The van der Waals surface area contributed by atoms with E-state index >= 15 is 0 Å². The first-order valence-corrected chi connectivity index (χ1v) is 6.68. The topological polar surface area (TPSA) is 89.3 Å². The van der Waals surface area contributed by atoms with E-state index in [2.05, 4.69) is 15.7 Å². The summed E-state index contributed by atoms with van der Waals surface area (Å²) in [6.07, 6.45) is 2.26. The van der Waals surface area contributed by atoms with Crippen molar-refractivity contribution in [1.29, 1.82) is 0 Å². The van der Waals surface area contributed by atoms with E-state index in [0.717, 1.165) is 12.2 Å². The highest BCUT2D eigenvalue weighted by molar-refractivity contribution is 5.94. The molecule has 0 aliphatic heterocycles. The van der Waals surface area contributed by atoms with Crippen molar-refractivity contribution in [1.82, 2.24) is 10.3 Å². The lowest BCUT2D eigenvalue weighted by atomic mass is 10.2. The molecule has 0 aliphatic carbocycles. The Morgan fingerprint density at radius 3 is 2.81 bits per heavy atom. The van der Waals surface area contributed by atoms with Crippen LogP contribution in [0.2, 0.25) is 0 Å². The Morgan fingerprint density at radius 1 is 1.24 bits per heavy atom. The number of nitrogens with two attached hydrogens (primary N) is 1. The summed E-state index contributed by atoms with van der Waals surface area (Å²) in [5, 5.41) is 2.82. The van der Waals surface area contributed by atoms with Crippen LogP contribution >= 0.6 is 0 Å². The van der Waals surface area contributed by atoms with Crippen molar-refractivity contribution >= 4 is 11.7 Å². The molecule has 0 fully saturated rings. The van der Waals surface area contributed by atoms with E-state index in [1.165, 1.54) is 6.20 Å². The number of benzene rings is 1. The highest BCUT2D eigenvalue weighted by Gasteiger charge is 2.05. The Bertz CT molecular complexity index is 575. The molecule has 2 aromatic rings. The fraction of sp³-hybridized carbons (Fsp3) is 0.200. The van der Waals surface area contributed by atoms with Gasteiger partial charge in [-0.15, -0.1) is 0 Å². The predicted octanol–water partition coefficient (Wildman–Crippen LogP) is 1.57. The second-order valence-corrected chi connectivity index (χ2v) is 4.35. The molecule has 0 radical (unpaired) electrons. The van der Waals surface area contributed by atoms with E-state index in [4.69, 9.17) is 10.6 Å². The van der Waals surface area contributed by atoms with Crippen molar-refractivity contribution in [3.63, 3.8) is 0 Å². The van der Waals surface area contributed by atoms with Crippen LogP contribution in [0.5, 0.6) is 5.75 Å². The Hall–Kier alpha value is -2.60. The molecule has 1 heterocycles. The van der Waals surface area contributed by atoms with Gasteiger partial charge in [-0.25, -0.2) is 10.8 Å². The van der Waals surface area contributed by atoms with Gasteiger partial charge in [-0.3, -0.25) is 4.79 Å². The lowest BCUT2D eigenvalue weighted by Crippen LogP contribution is -2.25. The SMILES string of the molecule is NNc1cc(C(=O)NCCCOc2ccccc2)ccn1. The molecule has 1 amide bonds. The smallest absolute Gasteiger partial charge is 0.251 e. The fourth-order valence-corrected chi connectivity index (χ4v) is 1.73. The van der Waals surface area contributed by atoms with E-state index < -0.39 is 0 Å². The zero-order valence-electron chi connectivity index (χ0n) is 11.6. The van der Waals surface area contributed by atoms with Crippen LogP contribution in [0.25, 0.3) is 0 Å². The summed E-state index contributed by atoms with van der Waals surface area (Å²) in [6.45, 7) is 1.09. The average Bonchev–Trinajstić information content (AvgIpc) is 2.55. The van der Waals surface area contributed by atoms with Crippen LogP contribution in [-0.2, 0) is 0 Å². The van der Waals surface area contributed by atoms with E-state index in [1.807, 2.05) is 30.3 Å². The van der Waals surface area contributed by atoms with E-state index in [9.17, 15) is 4.79 Å². The Labute approximate surface area is 123 Å². The zero-order chi connectivity index (χ0) is 14.9. The molecular weight excluding hydrogens is 268 g/mol. The summed E-state index contributed by atoms with van der Waals surface area (Å²) in [4.78, 5) is 15.8. The first-order chi connectivity index (χ1) is 10.3. The van der Waals surface area contributed by atoms with Crippen molar-refractivity contribution in [3.8, 4) is 5.75 Å². The summed E-state index contributed by atoms with van der Waals surface area (Å²) in [7, 11) is 0. The number of nitrogens with one attached hydrogen (secondary N) is 2. The Balaban J connectivity index is 1.69. The second kappa shape index (κ2) is 7.86. The van der Waals surface area contributed by atoms with Crippen molar-refractivity contribution in [3.05, 3.63) is 54.2 Å². The third kappa shape index (κ3) is 4.77. The van der Waals surface area contributed by atoms with Crippen molar-refractivity contribution in [2.45, 2.75) is 6.42 Å². The molecule has 4 N–H and O–H groups in total. The minimum Gasteiger partial charge on any atom is -0.494 e. The third-order valence-corrected chi connectivity index (χ3v) is 2.79. The zero-order valence-corrected chi connectivity index (χ0v) is 11.6. The minimum absolute atomic E-state index is 0.159. The van der Waals surface area contributed by atoms with E-state index in [1.54, 1.807) is 12.1 Å². The molecule has 1 aromatic heterocycles. The maximum atomic E-state index is 11.9. The first-order valence-electron chi connectivity index (χ1n) is 6.68. The molecule has 6 heteroatoms. The standard InChI is InChI=1S/C15H18N4O2/c16-19-14-11-12(7-9-17-14)15(20)18-8-4-10-21-13-5-2-1-3-6-13/h1-3,5-7,9,11H,4,8,10,16H2,(H,17,19)(H,18,20). The molecule has 0 saturated heterocycles. The molecular formula is C15H18N4O2. The van der Waals surface area contributed by atoms with Crippen molar-refractivity contribution in [2.24, 2.45) is 5.84 Å². The molecule has 0 saturated carbocycles. The number of nitrogen functional groups attached to an aromatic ring is 1. The Kier molecular flexibility index (Phi) is 5.54. The van der Waals surface area contributed by atoms with Crippen LogP contribution in [0.1, 0.15) is 16.8 Å². The molecule has 110 valence electrons. The number of carbonyl (C=O) groups is 1. The van der Waals surface area contributed by atoms with Crippen LogP contribution in [0.3, 0.4) is 0 Å². The number of rotatable bonds is 7. The molecule has 0 bridgehead atoms. The van der Waals surface area contributed by atoms with Crippen LogP contribution < -0.4 is 21.3 Å². The number of nitrogens with zero attached hydrogens (tertiary/aromatic N) is 1. The summed E-state index contributed by atoms with van der Waals surface area (Å²) >= 11 is 0. The highest BCUT2D eigenvalue weighted by Crippen LogP contribution is 2.08. The maximum Gasteiger partial charge on any atom is 0.251 e. The molecule has 0 spiro atoms. The molecule has 0 unspecified atom stereocenters. The quantitative estimate of drug-likeness (QED) is 0.408.